The minimum absolute atomic E-state index is 0.277. The summed E-state index contributed by atoms with van der Waals surface area (Å²) in [5.41, 5.74) is 11.7. The summed E-state index contributed by atoms with van der Waals surface area (Å²) in [5.74, 6) is 4.06. The van der Waals surface area contributed by atoms with Gasteiger partial charge in [0.25, 0.3) is 0 Å². The molecule has 0 amide bonds. The van der Waals surface area contributed by atoms with Crippen LogP contribution in [-0.4, -0.2) is 15.0 Å². The van der Waals surface area contributed by atoms with Crippen molar-refractivity contribution in [3.05, 3.63) is 163 Å². The largest absolute Gasteiger partial charge is 0.208 e. The van der Waals surface area contributed by atoms with Gasteiger partial charge in [0.1, 0.15) is 0 Å². The van der Waals surface area contributed by atoms with E-state index in [4.69, 9.17) is 15.0 Å². The monoisotopic (exact) mass is 712 g/mol. The smallest absolute Gasteiger partial charge is 0.164 e. The van der Waals surface area contributed by atoms with Crippen LogP contribution in [0.5, 0.6) is 0 Å². The predicted molar refractivity (Wildman–Crippen MR) is 224 cm³/mol. The molecule has 2 fully saturated rings. The Labute approximate surface area is 324 Å². The Morgan fingerprint density at radius 1 is 0.491 bits per heavy atom. The number of fused-ring (bicyclic) bond motifs is 2. The number of nitrogens with zero attached hydrogens (tertiary/aromatic N) is 4. The number of hydrogen-bond acceptors (Lipinski definition) is 4. The number of nitriles is 1. The molecular weight excluding hydrogens is 669 g/mol. The first-order chi connectivity index (χ1) is 27.0. The van der Waals surface area contributed by atoms with E-state index in [1.165, 1.54) is 48.8 Å². The molecule has 0 spiro atoms. The van der Waals surface area contributed by atoms with Gasteiger partial charge in [0.05, 0.1) is 11.6 Å². The van der Waals surface area contributed by atoms with E-state index in [1.807, 2.05) is 48.5 Å². The van der Waals surface area contributed by atoms with Crippen molar-refractivity contribution < 1.29 is 0 Å². The van der Waals surface area contributed by atoms with Gasteiger partial charge < -0.3 is 0 Å². The summed E-state index contributed by atoms with van der Waals surface area (Å²) in [6.45, 7) is 4.93. The van der Waals surface area contributed by atoms with Crippen LogP contribution < -0.4 is 0 Å². The fourth-order valence-corrected chi connectivity index (χ4v) is 9.97. The Kier molecular flexibility index (Phi) is 9.16. The number of rotatable bonds is 7. The van der Waals surface area contributed by atoms with Gasteiger partial charge in [-0.2, -0.15) is 5.26 Å². The van der Waals surface area contributed by atoms with Crippen molar-refractivity contribution in [3.8, 4) is 73.6 Å². The second-order valence-electron chi connectivity index (χ2n) is 16.0. The highest BCUT2D eigenvalue weighted by atomic mass is 15.0. The lowest BCUT2D eigenvalue weighted by molar-refractivity contribution is 0.0780. The fourth-order valence-electron chi connectivity index (χ4n) is 9.97. The highest BCUT2D eigenvalue weighted by molar-refractivity contribution is 6.01. The summed E-state index contributed by atoms with van der Waals surface area (Å²) < 4.78 is 0. The summed E-state index contributed by atoms with van der Waals surface area (Å²) in [4.78, 5) is 15.3. The first-order valence-corrected chi connectivity index (χ1v) is 19.7. The van der Waals surface area contributed by atoms with Crippen LogP contribution in [0.15, 0.2) is 152 Å². The van der Waals surface area contributed by atoms with Crippen molar-refractivity contribution in [1.82, 2.24) is 15.0 Å². The lowest BCUT2D eigenvalue weighted by Gasteiger charge is -2.50. The molecule has 4 heteroatoms. The van der Waals surface area contributed by atoms with Gasteiger partial charge in [-0.25, -0.2) is 15.0 Å². The van der Waals surface area contributed by atoms with Crippen LogP contribution in [0, 0.1) is 29.1 Å². The summed E-state index contributed by atoms with van der Waals surface area (Å²) in [5, 5.41) is 9.73. The minimum Gasteiger partial charge on any atom is -0.208 e. The molecule has 0 N–H and O–H groups in total. The Morgan fingerprint density at radius 2 is 1.00 bits per heavy atom. The molecule has 2 aliphatic carbocycles. The molecule has 7 aromatic rings. The van der Waals surface area contributed by atoms with Crippen molar-refractivity contribution >= 4 is 0 Å². The maximum atomic E-state index is 9.73. The van der Waals surface area contributed by atoms with Gasteiger partial charge in [0.15, 0.2) is 17.5 Å². The maximum absolute atomic E-state index is 9.73. The number of hydrogen-bond donors (Lipinski definition) is 0. The molecule has 268 valence electrons. The zero-order valence-electron chi connectivity index (χ0n) is 31.5. The van der Waals surface area contributed by atoms with Gasteiger partial charge in [-0.1, -0.05) is 147 Å². The maximum Gasteiger partial charge on any atom is 0.164 e. The van der Waals surface area contributed by atoms with E-state index in [0.717, 1.165) is 56.7 Å². The van der Waals surface area contributed by atoms with Crippen LogP contribution in [-0.2, 0) is 5.41 Å². The quantitative estimate of drug-likeness (QED) is 0.165. The Hall–Kier alpha value is -6.18. The van der Waals surface area contributed by atoms with Gasteiger partial charge in [-0.15, -0.1) is 0 Å². The van der Waals surface area contributed by atoms with E-state index in [2.05, 4.69) is 117 Å². The van der Waals surface area contributed by atoms with Gasteiger partial charge in [-0.3, -0.25) is 0 Å². The molecule has 4 nitrogen and oxygen atoms in total. The lowest BCUT2D eigenvalue weighted by atomic mass is 9.54. The zero-order valence-corrected chi connectivity index (χ0v) is 31.5. The normalized spacial score (nSPS) is 20.4. The molecule has 1 aromatic heterocycles. The first kappa shape index (κ1) is 34.6. The van der Waals surface area contributed by atoms with Crippen molar-refractivity contribution in [2.75, 3.05) is 0 Å². The molecule has 55 heavy (non-hydrogen) atoms. The standard InChI is InChI=1S/C51H44N4/c1-34-27-37-28-35(2)31-51(30-34,32-37)43-23-21-38(22-24-43)44-25-26-45(47(40-16-8-4-9-17-40)46(44)39-14-6-3-7-15-39)50-54-48(41-18-10-5-11-19-41)53-49(55-50)42-20-12-13-36(29-42)33-52/h3-26,29,34-35,37H,27-28,30-32H2,1-2H3/t34-,35+,37-,51?. The van der Waals surface area contributed by atoms with Crippen LogP contribution in [0.4, 0.5) is 0 Å². The third-order valence-electron chi connectivity index (χ3n) is 11.9. The summed E-state index contributed by atoms with van der Waals surface area (Å²) in [6.07, 6.45) is 6.65. The summed E-state index contributed by atoms with van der Waals surface area (Å²) in [6, 6.07) is 55.2. The van der Waals surface area contributed by atoms with Crippen molar-refractivity contribution in [1.29, 1.82) is 5.26 Å². The minimum atomic E-state index is 0.277. The molecule has 0 aliphatic heterocycles. The lowest BCUT2D eigenvalue weighted by Crippen LogP contribution is -2.42. The molecule has 0 radical (unpaired) electrons. The summed E-state index contributed by atoms with van der Waals surface area (Å²) >= 11 is 0. The van der Waals surface area contributed by atoms with E-state index in [1.54, 1.807) is 6.07 Å². The second-order valence-corrected chi connectivity index (χ2v) is 16.0. The fraction of sp³-hybridized carbons (Fsp3) is 0.216. The van der Waals surface area contributed by atoms with Crippen LogP contribution in [0.2, 0.25) is 0 Å². The second kappa shape index (κ2) is 14.6. The molecule has 2 aliphatic rings. The zero-order chi connectivity index (χ0) is 37.4. The van der Waals surface area contributed by atoms with E-state index < -0.39 is 0 Å². The van der Waals surface area contributed by atoms with Gasteiger partial charge in [0.2, 0.25) is 0 Å². The van der Waals surface area contributed by atoms with Gasteiger partial charge in [0, 0.05) is 22.3 Å². The van der Waals surface area contributed by atoms with Crippen molar-refractivity contribution in [2.24, 2.45) is 17.8 Å². The van der Waals surface area contributed by atoms with Gasteiger partial charge >= 0.3 is 0 Å². The Morgan fingerprint density at radius 3 is 1.60 bits per heavy atom. The molecule has 4 atom stereocenters. The third kappa shape index (κ3) is 6.77. The van der Waals surface area contributed by atoms with E-state index >= 15 is 0 Å². The molecule has 6 aromatic carbocycles. The van der Waals surface area contributed by atoms with Crippen LogP contribution in [0.3, 0.4) is 0 Å². The number of aromatic nitrogens is 3. The molecular formula is C51H44N4. The molecule has 2 bridgehead atoms. The summed E-state index contributed by atoms with van der Waals surface area (Å²) in [7, 11) is 0. The van der Waals surface area contributed by atoms with Crippen LogP contribution in [0.25, 0.3) is 67.5 Å². The van der Waals surface area contributed by atoms with E-state index in [9.17, 15) is 5.26 Å². The van der Waals surface area contributed by atoms with Gasteiger partial charge in [-0.05, 0) is 107 Å². The molecule has 0 saturated heterocycles. The van der Waals surface area contributed by atoms with Crippen molar-refractivity contribution in [3.63, 3.8) is 0 Å². The number of benzene rings is 6. The predicted octanol–water partition coefficient (Wildman–Crippen LogP) is 12.8. The SMILES string of the molecule is C[C@@H]1C[C@@H]2C[C@H](C)CC(c3ccc(-c4ccc(-c5nc(-c6ccccc6)nc(-c6cccc(C#N)c6)n5)c(-c5ccccc5)c4-c4ccccc4)cc3)(C1)C2. The molecule has 1 unspecified atom stereocenters. The Bertz CT molecular complexity index is 2480. The average Bonchev–Trinajstić information content (AvgIpc) is 3.23. The van der Waals surface area contributed by atoms with E-state index in [-0.39, 0.29) is 5.41 Å². The topological polar surface area (TPSA) is 62.5 Å². The Balaban J connectivity index is 1.26. The van der Waals surface area contributed by atoms with Crippen molar-refractivity contribution in [2.45, 2.75) is 51.4 Å². The highest BCUT2D eigenvalue weighted by Gasteiger charge is 2.45. The average molecular weight is 713 g/mol. The first-order valence-electron chi connectivity index (χ1n) is 19.7. The van der Waals surface area contributed by atoms with E-state index in [0.29, 0.717) is 23.0 Å². The highest BCUT2D eigenvalue weighted by Crippen LogP contribution is 2.54. The molecule has 1 heterocycles. The molecule has 9 rings (SSSR count). The molecule has 2 saturated carbocycles. The van der Waals surface area contributed by atoms with Crippen LogP contribution in [0.1, 0.15) is 57.1 Å². The van der Waals surface area contributed by atoms with Crippen LogP contribution >= 0.6 is 0 Å². The third-order valence-corrected chi connectivity index (χ3v) is 11.9.